The third-order valence-electron chi connectivity index (χ3n) is 3.81. The van der Waals surface area contributed by atoms with Crippen LogP contribution in [0.1, 0.15) is 61.4 Å². The summed E-state index contributed by atoms with van der Waals surface area (Å²) >= 11 is 0. The molecular weight excluding hydrogens is 238 g/mol. The highest BCUT2D eigenvalue weighted by Gasteiger charge is 2.28. The Bertz CT molecular complexity index is 492. The first-order chi connectivity index (χ1) is 8.96. The fourth-order valence-electron chi connectivity index (χ4n) is 2.72. The van der Waals surface area contributed by atoms with Gasteiger partial charge in [-0.2, -0.15) is 0 Å². The molecule has 104 valence electrons. The van der Waals surface area contributed by atoms with Gasteiger partial charge in [-0.05, 0) is 49.7 Å². The van der Waals surface area contributed by atoms with Crippen molar-refractivity contribution in [2.45, 2.75) is 53.4 Å². The number of nitrogens with zero attached hydrogens (tertiary/aromatic N) is 1. The van der Waals surface area contributed by atoms with Crippen molar-refractivity contribution >= 4 is 5.97 Å². The number of aromatic nitrogens is 1. The van der Waals surface area contributed by atoms with Gasteiger partial charge in [0.15, 0.2) is 0 Å². The maximum atomic E-state index is 12.0. The summed E-state index contributed by atoms with van der Waals surface area (Å²) in [6.07, 6.45) is 3.93. The van der Waals surface area contributed by atoms with Crippen LogP contribution in [0, 0.1) is 5.41 Å². The molecule has 0 radical (unpaired) electrons. The number of esters is 1. The largest absolute Gasteiger partial charge is 0.462 e. The standard InChI is InChI=1S/C16H23NO2/c1-5-13-12(15(18)19-6-2)9-11-10-16(3,4)8-7-14(11)17-13/h9H,5-8,10H2,1-4H3. The van der Waals surface area contributed by atoms with E-state index in [2.05, 4.69) is 13.8 Å². The van der Waals surface area contributed by atoms with Crippen LogP contribution >= 0.6 is 0 Å². The predicted octanol–water partition coefficient (Wildman–Crippen LogP) is 3.34. The van der Waals surface area contributed by atoms with E-state index in [9.17, 15) is 4.79 Å². The molecule has 0 aromatic carbocycles. The van der Waals surface area contributed by atoms with E-state index in [0.29, 0.717) is 17.6 Å². The summed E-state index contributed by atoms with van der Waals surface area (Å²) in [5, 5.41) is 0. The minimum absolute atomic E-state index is 0.238. The van der Waals surface area contributed by atoms with Crippen LogP contribution in [0.2, 0.25) is 0 Å². The summed E-state index contributed by atoms with van der Waals surface area (Å²) in [5.41, 5.74) is 4.22. The van der Waals surface area contributed by atoms with E-state index in [1.807, 2.05) is 19.9 Å². The Hall–Kier alpha value is -1.38. The molecule has 0 fully saturated rings. The minimum Gasteiger partial charge on any atom is -0.462 e. The molecule has 1 aliphatic carbocycles. The van der Waals surface area contributed by atoms with E-state index in [-0.39, 0.29) is 5.97 Å². The van der Waals surface area contributed by atoms with Gasteiger partial charge in [0.1, 0.15) is 0 Å². The molecule has 1 heterocycles. The van der Waals surface area contributed by atoms with Gasteiger partial charge < -0.3 is 4.74 Å². The summed E-state index contributed by atoms with van der Waals surface area (Å²) < 4.78 is 5.13. The average molecular weight is 261 g/mol. The van der Waals surface area contributed by atoms with Crippen LogP contribution in [0.5, 0.6) is 0 Å². The Balaban J connectivity index is 2.42. The van der Waals surface area contributed by atoms with Crippen molar-refractivity contribution in [1.82, 2.24) is 4.98 Å². The summed E-state index contributed by atoms with van der Waals surface area (Å²) in [6.45, 7) is 8.81. The van der Waals surface area contributed by atoms with Crippen molar-refractivity contribution in [1.29, 1.82) is 0 Å². The molecule has 3 nitrogen and oxygen atoms in total. The molecule has 0 saturated heterocycles. The molecule has 3 heteroatoms. The second-order valence-corrected chi connectivity index (χ2v) is 6.00. The molecule has 0 unspecified atom stereocenters. The number of fused-ring (bicyclic) bond motifs is 1. The Morgan fingerprint density at radius 2 is 2.16 bits per heavy atom. The number of pyridine rings is 1. The van der Waals surface area contributed by atoms with Crippen molar-refractivity contribution in [3.8, 4) is 0 Å². The van der Waals surface area contributed by atoms with Crippen LogP contribution < -0.4 is 0 Å². The van der Waals surface area contributed by atoms with Crippen molar-refractivity contribution in [3.63, 3.8) is 0 Å². The SMILES string of the molecule is CCOC(=O)c1cc2c(nc1CC)CCC(C)(C)C2. The molecule has 19 heavy (non-hydrogen) atoms. The molecule has 0 atom stereocenters. The third-order valence-corrected chi connectivity index (χ3v) is 3.81. The maximum absolute atomic E-state index is 12.0. The lowest BCUT2D eigenvalue weighted by atomic mass is 9.75. The molecule has 0 bridgehead atoms. The highest BCUT2D eigenvalue weighted by molar-refractivity contribution is 5.91. The second kappa shape index (κ2) is 5.32. The van der Waals surface area contributed by atoms with Crippen molar-refractivity contribution in [2.75, 3.05) is 6.61 Å². The molecule has 0 amide bonds. The monoisotopic (exact) mass is 261 g/mol. The van der Waals surface area contributed by atoms with Crippen LogP contribution in [0.25, 0.3) is 0 Å². The average Bonchev–Trinajstić information content (AvgIpc) is 2.36. The zero-order chi connectivity index (χ0) is 14.0. The van der Waals surface area contributed by atoms with Crippen molar-refractivity contribution < 1.29 is 9.53 Å². The normalized spacial score (nSPS) is 16.8. The molecule has 0 spiro atoms. The van der Waals surface area contributed by atoms with Gasteiger partial charge in [-0.25, -0.2) is 4.79 Å². The second-order valence-electron chi connectivity index (χ2n) is 6.00. The van der Waals surface area contributed by atoms with Gasteiger partial charge in [-0.15, -0.1) is 0 Å². The number of carbonyl (C=O) groups excluding carboxylic acids is 1. The molecule has 0 saturated carbocycles. The lowest BCUT2D eigenvalue weighted by Gasteiger charge is -2.31. The van der Waals surface area contributed by atoms with Gasteiger partial charge in [0, 0.05) is 5.69 Å². The molecule has 0 aliphatic heterocycles. The van der Waals surface area contributed by atoms with E-state index in [1.165, 1.54) is 11.3 Å². The number of carbonyl (C=O) groups is 1. The van der Waals surface area contributed by atoms with Gasteiger partial charge in [0.05, 0.1) is 17.9 Å². The summed E-state index contributed by atoms with van der Waals surface area (Å²) in [7, 11) is 0. The topological polar surface area (TPSA) is 39.2 Å². The van der Waals surface area contributed by atoms with Gasteiger partial charge >= 0.3 is 5.97 Å². The van der Waals surface area contributed by atoms with E-state index >= 15 is 0 Å². The van der Waals surface area contributed by atoms with Gasteiger partial charge in [0.25, 0.3) is 0 Å². The Morgan fingerprint density at radius 1 is 1.42 bits per heavy atom. The molecule has 2 rings (SSSR count). The first-order valence-corrected chi connectivity index (χ1v) is 7.15. The van der Waals surface area contributed by atoms with E-state index in [0.717, 1.165) is 31.4 Å². The zero-order valence-electron chi connectivity index (χ0n) is 12.4. The number of hydrogen-bond acceptors (Lipinski definition) is 3. The number of rotatable bonds is 3. The predicted molar refractivity (Wildman–Crippen MR) is 75.4 cm³/mol. The van der Waals surface area contributed by atoms with Crippen LogP contribution in [0.15, 0.2) is 6.07 Å². The zero-order valence-corrected chi connectivity index (χ0v) is 12.4. The van der Waals surface area contributed by atoms with Crippen molar-refractivity contribution in [3.05, 3.63) is 28.6 Å². The highest BCUT2D eigenvalue weighted by atomic mass is 16.5. The molecule has 1 aliphatic rings. The Kier molecular flexibility index (Phi) is 3.93. The number of ether oxygens (including phenoxy) is 1. The van der Waals surface area contributed by atoms with Gasteiger partial charge in [0.2, 0.25) is 0 Å². The first kappa shape index (κ1) is 14.0. The van der Waals surface area contributed by atoms with Crippen LogP contribution in [0.4, 0.5) is 0 Å². The Morgan fingerprint density at radius 3 is 2.79 bits per heavy atom. The maximum Gasteiger partial charge on any atom is 0.339 e. The van der Waals surface area contributed by atoms with Crippen molar-refractivity contribution in [2.24, 2.45) is 5.41 Å². The van der Waals surface area contributed by atoms with Gasteiger partial charge in [-0.1, -0.05) is 20.8 Å². The fraction of sp³-hybridized carbons (Fsp3) is 0.625. The third kappa shape index (κ3) is 2.96. The molecular formula is C16H23NO2. The molecule has 0 N–H and O–H groups in total. The quantitative estimate of drug-likeness (QED) is 0.783. The van der Waals surface area contributed by atoms with E-state index in [4.69, 9.17) is 9.72 Å². The first-order valence-electron chi connectivity index (χ1n) is 7.15. The number of aryl methyl sites for hydroxylation is 2. The summed E-state index contributed by atoms with van der Waals surface area (Å²) in [6, 6.07) is 2.01. The minimum atomic E-state index is -0.238. The fourth-order valence-corrected chi connectivity index (χ4v) is 2.72. The summed E-state index contributed by atoms with van der Waals surface area (Å²) in [4.78, 5) is 16.7. The molecule has 1 aromatic heterocycles. The van der Waals surface area contributed by atoms with E-state index < -0.39 is 0 Å². The van der Waals surface area contributed by atoms with E-state index in [1.54, 1.807) is 0 Å². The summed E-state index contributed by atoms with van der Waals surface area (Å²) in [5.74, 6) is -0.238. The van der Waals surface area contributed by atoms with Crippen LogP contribution in [-0.4, -0.2) is 17.6 Å². The number of hydrogen-bond donors (Lipinski definition) is 0. The lowest BCUT2D eigenvalue weighted by Crippen LogP contribution is -2.24. The van der Waals surface area contributed by atoms with Crippen LogP contribution in [-0.2, 0) is 24.0 Å². The van der Waals surface area contributed by atoms with Gasteiger partial charge in [-0.3, -0.25) is 4.98 Å². The lowest BCUT2D eigenvalue weighted by molar-refractivity contribution is 0.0524. The smallest absolute Gasteiger partial charge is 0.339 e. The highest BCUT2D eigenvalue weighted by Crippen LogP contribution is 2.34. The Labute approximate surface area is 115 Å². The molecule has 1 aromatic rings. The van der Waals surface area contributed by atoms with Crippen LogP contribution in [0.3, 0.4) is 0 Å².